The van der Waals surface area contributed by atoms with E-state index in [4.69, 9.17) is 4.74 Å². The standard InChI is InChI=1S/C19H14N2O2/c22-18-15-10-4-5-11-16(15)19(23-18,14-8-2-1-3-9-14)21-17-12-6-7-13-20-17/h1-13H,(H,20,21). The first-order chi connectivity index (χ1) is 11.3. The molecule has 4 heteroatoms. The first-order valence-corrected chi connectivity index (χ1v) is 7.37. The summed E-state index contributed by atoms with van der Waals surface area (Å²) >= 11 is 0. The highest BCUT2D eigenvalue weighted by molar-refractivity contribution is 5.95. The van der Waals surface area contributed by atoms with E-state index in [-0.39, 0.29) is 5.97 Å². The third-order valence-electron chi connectivity index (χ3n) is 3.92. The Labute approximate surface area is 133 Å². The number of carbonyl (C=O) groups excluding carboxylic acids is 1. The lowest BCUT2D eigenvalue weighted by atomic mass is 9.93. The van der Waals surface area contributed by atoms with Crippen molar-refractivity contribution in [2.75, 3.05) is 5.32 Å². The number of benzene rings is 2. The number of aromatic nitrogens is 1. The second-order valence-electron chi connectivity index (χ2n) is 5.32. The first kappa shape index (κ1) is 13.5. The molecule has 4 nitrogen and oxygen atoms in total. The lowest BCUT2D eigenvalue weighted by molar-refractivity contribution is 0.0211. The van der Waals surface area contributed by atoms with Crippen LogP contribution in [0, 0.1) is 0 Å². The Hall–Kier alpha value is -3.14. The lowest BCUT2D eigenvalue weighted by Gasteiger charge is -2.30. The van der Waals surface area contributed by atoms with Crippen molar-refractivity contribution < 1.29 is 9.53 Å². The van der Waals surface area contributed by atoms with Crippen LogP contribution in [0.1, 0.15) is 21.5 Å². The van der Waals surface area contributed by atoms with Crippen molar-refractivity contribution in [2.45, 2.75) is 5.72 Å². The largest absolute Gasteiger partial charge is 0.427 e. The van der Waals surface area contributed by atoms with Gasteiger partial charge in [-0.15, -0.1) is 0 Å². The number of nitrogens with zero attached hydrogens (tertiary/aromatic N) is 1. The van der Waals surface area contributed by atoms with Crippen molar-refractivity contribution >= 4 is 11.8 Å². The number of hydrogen-bond donors (Lipinski definition) is 1. The van der Waals surface area contributed by atoms with Gasteiger partial charge in [0.1, 0.15) is 5.82 Å². The fraction of sp³-hybridized carbons (Fsp3) is 0.0526. The minimum absolute atomic E-state index is 0.340. The molecule has 1 aliphatic heterocycles. The quantitative estimate of drug-likeness (QED) is 0.752. The number of rotatable bonds is 3. The Morgan fingerprint density at radius 3 is 2.39 bits per heavy atom. The molecule has 1 atom stereocenters. The molecule has 0 saturated carbocycles. The predicted octanol–water partition coefficient (Wildman–Crippen LogP) is 3.57. The average Bonchev–Trinajstić information content (AvgIpc) is 2.90. The zero-order chi connectivity index (χ0) is 15.7. The third kappa shape index (κ3) is 2.16. The molecule has 1 unspecified atom stereocenters. The molecular weight excluding hydrogens is 288 g/mol. The summed E-state index contributed by atoms with van der Waals surface area (Å²) < 4.78 is 5.82. The van der Waals surface area contributed by atoms with Gasteiger partial charge in [0.2, 0.25) is 5.72 Å². The van der Waals surface area contributed by atoms with Crippen molar-refractivity contribution in [1.82, 2.24) is 4.98 Å². The van der Waals surface area contributed by atoms with Crippen molar-refractivity contribution in [1.29, 1.82) is 0 Å². The molecule has 1 N–H and O–H groups in total. The van der Waals surface area contributed by atoms with Crippen LogP contribution in [0.15, 0.2) is 79.0 Å². The summed E-state index contributed by atoms with van der Waals surface area (Å²) in [6.45, 7) is 0. The molecule has 0 amide bonds. The maximum absolute atomic E-state index is 12.4. The van der Waals surface area contributed by atoms with Gasteiger partial charge in [0.25, 0.3) is 0 Å². The number of hydrogen-bond acceptors (Lipinski definition) is 4. The van der Waals surface area contributed by atoms with Crippen molar-refractivity contribution in [3.05, 3.63) is 95.7 Å². The maximum atomic E-state index is 12.4. The summed E-state index contributed by atoms with van der Waals surface area (Å²) in [5.41, 5.74) is 1.15. The minimum atomic E-state index is -1.07. The van der Waals surface area contributed by atoms with Gasteiger partial charge in [0, 0.05) is 17.3 Å². The monoisotopic (exact) mass is 302 g/mol. The number of ether oxygens (including phenoxy) is 1. The summed E-state index contributed by atoms with van der Waals surface area (Å²) in [5.74, 6) is 0.300. The highest BCUT2D eigenvalue weighted by Crippen LogP contribution is 2.41. The molecular formula is C19H14N2O2. The molecule has 0 radical (unpaired) electrons. The predicted molar refractivity (Wildman–Crippen MR) is 86.9 cm³/mol. The molecule has 1 aromatic heterocycles. The molecule has 23 heavy (non-hydrogen) atoms. The zero-order valence-corrected chi connectivity index (χ0v) is 12.3. The van der Waals surface area contributed by atoms with E-state index in [9.17, 15) is 4.79 Å². The molecule has 4 rings (SSSR count). The van der Waals surface area contributed by atoms with E-state index in [1.54, 1.807) is 12.3 Å². The second kappa shape index (κ2) is 5.25. The summed E-state index contributed by atoms with van der Waals surface area (Å²) in [4.78, 5) is 16.7. The van der Waals surface area contributed by atoms with E-state index in [1.165, 1.54) is 0 Å². The number of anilines is 1. The number of fused-ring (bicyclic) bond motifs is 1. The van der Waals surface area contributed by atoms with E-state index in [1.807, 2.05) is 66.7 Å². The van der Waals surface area contributed by atoms with E-state index < -0.39 is 5.72 Å². The van der Waals surface area contributed by atoms with Gasteiger partial charge in [-0.2, -0.15) is 0 Å². The summed E-state index contributed by atoms with van der Waals surface area (Å²) in [7, 11) is 0. The Bertz CT molecular complexity index is 850. The van der Waals surface area contributed by atoms with Gasteiger partial charge in [0.15, 0.2) is 0 Å². The van der Waals surface area contributed by atoms with Crippen LogP contribution in [-0.2, 0) is 10.5 Å². The van der Waals surface area contributed by atoms with Crippen LogP contribution in [0.2, 0.25) is 0 Å². The molecule has 112 valence electrons. The molecule has 2 aromatic carbocycles. The van der Waals surface area contributed by atoms with Crippen molar-refractivity contribution in [3.8, 4) is 0 Å². The molecule has 0 saturated heterocycles. The van der Waals surface area contributed by atoms with Gasteiger partial charge in [-0.3, -0.25) is 0 Å². The average molecular weight is 302 g/mol. The summed E-state index contributed by atoms with van der Waals surface area (Å²) in [5, 5.41) is 3.30. The Kier molecular flexibility index (Phi) is 3.08. The van der Waals surface area contributed by atoms with E-state index >= 15 is 0 Å². The number of nitrogens with one attached hydrogen (secondary N) is 1. The maximum Gasteiger partial charge on any atom is 0.341 e. The minimum Gasteiger partial charge on any atom is -0.427 e. The Balaban J connectivity index is 1.92. The lowest BCUT2D eigenvalue weighted by Crippen LogP contribution is -2.37. The summed E-state index contributed by atoms with van der Waals surface area (Å²) in [6, 6.07) is 22.6. The highest BCUT2D eigenvalue weighted by atomic mass is 16.6. The van der Waals surface area contributed by atoms with Crippen molar-refractivity contribution in [3.63, 3.8) is 0 Å². The van der Waals surface area contributed by atoms with Crippen molar-refractivity contribution in [2.24, 2.45) is 0 Å². The summed E-state index contributed by atoms with van der Waals surface area (Å²) in [6.07, 6.45) is 1.70. The van der Waals surface area contributed by atoms with Gasteiger partial charge in [0.05, 0.1) is 5.56 Å². The highest BCUT2D eigenvalue weighted by Gasteiger charge is 2.47. The van der Waals surface area contributed by atoms with Gasteiger partial charge in [-0.25, -0.2) is 9.78 Å². The number of pyridine rings is 1. The van der Waals surface area contributed by atoms with Gasteiger partial charge < -0.3 is 10.1 Å². The zero-order valence-electron chi connectivity index (χ0n) is 12.3. The number of cyclic esters (lactones) is 1. The van der Waals surface area contributed by atoms with Crippen LogP contribution >= 0.6 is 0 Å². The van der Waals surface area contributed by atoms with Crippen LogP contribution in [-0.4, -0.2) is 11.0 Å². The van der Waals surface area contributed by atoms with E-state index in [0.29, 0.717) is 11.4 Å². The van der Waals surface area contributed by atoms with Crippen LogP contribution in [0.4, 0.5) is 5.82 Å². The number of carbonyl (C=O) groups is 1. The fourth-order valence-corrected chi connectivity index (χ4v) is 2.89. The normalized spacial score (nSPS) is 19.0. The topological polar surface area (TPSA) is 51.2 Å². The van der Waals surface area contributed by atoms with Gasteiger partial charge in [-0.05, 0) is 18.2 Å². The Morgan fingerprint density at radius 2 is 1.61 bits per heavy atom. The molecule has 0 spiro atoms. The fourth-order valence-electron chi connectivity index (χ4n) is 2.89. The molecule has 0 aliphatic carbocycles. The molecule has 0 bridgehead atoms. The third-order valence-corrected chi connectivity index (χ3v) is 3.92. The van der Waals surface area contributed by atoms with Gasteiger partial charge in [-0.1, -0.05) is 54.6 Å². The van der Waals surface area contributed by atoms with Gasteiger partial charge >= 0.3 is 5.97 Å². The second-order valence-corrected chi connectivity index (χ2v) is 5.32. The van der Waals surface area contributed by atoms with Crippen LogP contribution < -0.4 is 5.32 Å². The molecule has 0 fully saturated rings. The van der Waals surface area contributed by atoms with E-state index in [0.717, 1.165) is 11.1 Å². The Morgan fingerprint density at radius 1 is 0.870 bits per heavy atom. The van der Waals surface area contributed by atoms with Crippen LogP contribution in [0.3, 0.4) is 0 Å². The van der Waals surface area contributed by atoms with Crippen LogP contribution in [0.5, 0.6) is 0 Å². The van der Waals surface area contributed by atoms with Crippen LogP contribution in [0.25, 0.3) is 0 Å². The molecule has 1 aliphatic rings. The molecule has 3 aromatic rings. The number of esters is 1. The smallest absolute Gasteiger partial charge is 0.341 e. The van der Waals surface area contributed by atoms with E-state index in [2.05, 4.69) is 10.3 Å². The molecule has 2 heterocycles. The first-order valence-electron chi connectivity index (χ1n) is 7.37. The SMILES string of the molecule is O=C1OC(Nc2ccccn2)(c2ccccc2)c2ccccc21.